The third kappa shape index (κ3) is 5.96. The number of hydrogen-bond acceptors (Lipinski definition) is 2. The molecule has 1 aromatic rings. The first-order valence-electron chi connectivity index (χ1n) is 7.50. The van der Waals surface area contributed by atoms with E-state index in [9.17, 15) is 18.3 Å². The number of alkyl halides is 3. The van der Waals surface area contributed by atoms with Crippen molar-refractivity contribution in [3.05, 3.63) is 29.3 Å². The van der Waals surface area contributed by atoms with E-state index in [4.69, 9.17) is 0 Å². The Bertz CT molecular complexity index is 424. The van der Waals surface area contributed by atoms with Gasteiger partial charge in [0.2, 0.25) is 0 Å². The lowest BCUT2D eigenvalue weighted by Gasteiger charge is -2.22. The van der Waals surface area contributed by atoms with Gasteiger partial charge >= 0.3 is 6.18 Å². The standard InChI is InChI=1S/C16H24F3NO/c1-3-5-9-20(10-6-4-2)12-13-7-8-15(21)14(11-13)16(17,18)19/h7-8,11,21H,3-6,9-10,12H2,1-2H3. The van der Waals surface area contributed by atoms with E-state index < -0.39 is 17.5 Å². The molecule has 0 saturated heterocycles. The van der Waals surface area contributed by atoms with Gasteiger partial charge in [0, 0.05) is 6.54 Å². The van der Waals surface area contributed by atoms with Crippen LogP contribution < -0.4 is 0 Å². The SMILES string of the molecule is CCCCN(CCCC)Cc1ccc(O)c(C(F)(F)F)c1. The molecule has 0 aliphatic heterocycles. The molecule has 5 heteroatoms. The Labute approximate surface area is 124 Å². The molecule has 2 nitrogen and oxygen atoms in total. The largest absolute Gasteiger partial charge is 0.507 e. The zero-order valence-electron chi connectivity index (χ0n) is 12.7. The number of nitrogens with zero attached hydrogens (tertiary/aromatic N) is 1. The number of unbranched alkanes of at least 4 members (excludes halogenated alkanes) is 2. The fraction of sp³-hybridized carbons (Fsp3) is 0.625. The molecule has 0 aromatic heterocycles. The molecule has 0 fully saturated rings. The smallest absolute Gasteiger partial charge is 0.419 e. The molecular formula is C16H24F3NO. The van der Waals surface area contributed by atoms with Gasteiger partial charge in [0.05, 0.1) is 5.56 Å². The highest BCUT2D eigenvalue weighted by Gasteiger charge is 2.34. The predicted molar refractivity (Wildman–Crippen MR) is 78.2 cm³/mol. The van der Waals surface area contributed by atoms with Gasteiger partial charge < -0.3 is 5.11 Å². The summed E-state index contributed by atoms with van der Waals surface area (Å²) in [4.78, 5) is 2.18. The quantitative estimate of drug-likeness (QED) is 0.744. The lowest BCUT2D eigenvalue weighted by atomic mass is 10.1. The normalized spacial score (nSPS) is 12.1. The van der Waals surface area contributed by atoms with Crippen LogP contribution in [0, 0.1) is 0 Å². The molecule has 120 valence electrons. The highest BCUT2D eigenvalue weighted by Crippen LogP contribution is 2.36. The van der Waals surface area contributed by atoms with Crippen molar-refractivity contribution in [2.75, 3.05) is 13.1 Å². The molecule has 0 unspecified atom stereocenters. The maximum absolute atomic E-state index is 12.8. The number of aromatic hydroxyl groups is 1. The summed E-state index contributed by atoms with van der Waals surface area (Å²) in [6.07, 6.45) is -0.322. The van der Waals surface area contributed by atoms with Gasteiger partial charge in [-0.2, -0.15) is 13.2 Å². The molecule has 0 radical (unpaired) electrons. The Hall–Kier alpha value is -1.23. The van der Waals surface area contributed by atoms with E-state index >= 15 is 0 Å². The number of rotatable bonds is 8. The molecule has 0 bridgehead atoms. The molecule has 0 aliphatic carbocycles. The first kappa shape index (κ1) is 17.8. The summed E-state index contributed by atoms with van der Waals surface area (Å²) >= 11 is 0. The summed E-state index contributed by atoms with van der Waals surface area (Å²) < 4.78 is 38.4. The molecule has 1 N–H and O–H groups in total. The number of benzene rings is 1. The van der Waals surface area contributed by atoms with E-state index in [0.29, 0.717) is 12.1 Å². The minimum atomic E-state index is -4.52. The number of phenolic OH excluding ortho intramolecular Hbond substituents is 1. The number of hydrogen-bond donors (Lipinski definition) is 1. The maximum Gasteiger partial charge on any atom is 0.419 e. The van der Waals surface area contributed by atoms with Gasteiger partial charge in [-0.1, -0.05) is 32.8 Å². The molecule has 0 saturated carbocycles. The van der Waals surface area contributed by atoms with Crippen molar-refractivity contribution in [2.24, 2.45) is 0 Å². The van der Waals surface area contributed by atoms with Crippen molar-refractivity contribution >= 4 is 0 Å². The average Bonchev–Trinajstić information content (AvgIpc) is 2.42. The first-order chi connectivity index (χ1) is 9.88. The zero-order valence-corrected chi connectivity index (χ0v) is 12.7. The molecular weight excluding hydrogens is 279 g/mol. The van der Waals surface area contributed by atoms with Crippen LogP contribution in [0.15, 0.2) is 18.2 Å². The van der Waals surface area contributed by atoms with Crippen molar-refractivity contribution in [2.45, 2.75) is 52.3 Å². The topological polar surface area (TPSA) is 23.5 Å². The summed E-state index contributed by atoms with van der Waals surface area (Å²) in [6.45, 7) is 6.46. The molecule has 1 aromatic carbocycles. The monoisotopic (exact) mass is 303 g/mol. The van der Waals surface area contributed by atoms with Crippen molar-refractivity contribution in [1.82, 2.24) is 4.90 Å². The van der Waals surface area contributed by atoms with Gasteiger partial charge in [-0.05, 0) is 43.6 Å². The van der Waals surface area contributed by atoms with Crippen LogP contribution in [-0.2, 0) is 12.7 Å². The Kier molecular flexibility index (Phi) is 7.02. The number of phenols is 1. The fourth-order valence-corrected chi connectivity index (χ4v) is 2.20. The van der Waals surface area contributed by atoms with E-state index in [1.807, 2.05) is 0 Å². The maximum atomic E-state index is 12.8. The van der Waals surface area contributed by atoms with Gasteiger partial charge in [-0.3, -0.25) is 4.90 Å². The van der Waals surface area contributed by atoms with Gasteiger partial charge in [0.15, 0.2) is 0 Å². The van der Waals surface area contributed by atoms with Gasteiger partial charge in [-0.15, -0.1) is 0 Å². The highest BCUT2D eigenvalue weighted by atomic mass is 19.4. The predicted octanol–water partition coefficient (Wildman–Crippen LogP) is 4.81. The Morgan fingerprint density at radius 2 is 1.62 bits per heavy atom. The zero-order chi connectivity index (χ0) is 15.9. The van der Waals surface area contributed by atoms with Crippen LogP contribution in [0.4, 0.5) is 13.2 Å². The first-order valence-corrected chi connectivity index (χ1v) is 7.50. The van der Waals surface area contributed by atoms with E-state index in [1.165, 1.54) is 0 Å². The van der Waals surface area contributed by atoms with Crippen molar-refractivity contribution in [1.29, 1.82) is 0 Å². The van der Waals surface area contributed by atoms with Crippen LogP contribution >= 0.6 is 0 Å². The minimum Gasteiger partial charge on any atom is -0.507 e. The van der Waals surface area contributed by atoms with Crippen molar-refractivity contribution in [3.63, 3.8) is 0 Å². The van der Waals surface area contributed by atoms with E-state index in [1.54, 1.807) is 6.07 Å². The molecule has 1 rings (SSSR count). The van der Waals surface area contributed by atoms with Crippen LogP contribution in [0.25, 0.3) is 0 Å². The van der Waals surface area contributed by atoms with Crippen LogP contribution in [0.1, 0.15) is 50.7 Å². The summed E-state index contributed by atoms with van der Waals surface area (Å²) in [5.74, 6) is -0.708. The Morgan fingerprint density at radius 1 is 1.05 bits per heavy atom. The average molecular weight is 303 g/mol. The lowest BCUT2D eigenvalue weighted by molar-refractivity contribution is -0.138. The third-order valence-electron chi connectivity index (χ3n) is 3.43. The molecule has 0 spiro atoms. The summed E-state index contributed by atoms with van der Waals surface area (Å²) in [5.41, 5.74) is -0.363. The van der Waals surface area contributed by atoms with Gasteiger partial charge in [0.1, 0.15) is 5.75 Å². The molecule has 21 heavy (non-hydrogen) atoms. The van der Waals surface area contributed by atoms with Crippen LogP contribution in [0.2, 0.25) is 0 Å². The van der Waals surface area contributed by atoms with E-state index in [0.717, 1.165) is 50.9 Å². The highest BCUT2D eigenvalue weighted by molar-refractivity contribution is 5.38. The Morgan fingerprint density at radius 3 is 2.10 bits per heavy atom. The van der Waals surface area contributed by atoms with Crippen LogP contribution in [0.3, 0.4) is 0 Å². The second-order valence-electron chi connectivity index (χ2n) is 5.33. The molecule has 0 atom stereocenters. The minimum absolute atomic E-state index is 0.489. The summed E-state index contributed by atoms with van der Waals surface area (Å²) in [5, 5.41) is 9.35. The molecule has 0 aliphatic rings. The fourth-order valence-electron chi connectivity index (χ4n) is 2.20. The van der Waals surface area contributed by atoms with Gasteiger partial charge in [-0.25, -0.2) is 0 Å². The van der Waals surface area contributed by atoms with E-state index in [2.05, 4.69) is 18.7 Å². The second-order valence-corrected chi connectivity index (χ2v) is 5.33. The van der Waals surface area contributed by atoms with Crippen molar-refractivity contribution < 1.29 is 18.3 Å². The van der Waals surface area contributed by atoms with E-state index in [-0.39, 0.29) is 0 Å². The number of halogens is 3. The Balaban J connectivity index is 2.82. The molecule has 0 heterocycles. The molecule has 0 amide bonds. The second kappa shape index (κ2) is 8.27. The lowest BCUT2D eigenvalue weighted by Crippen LogP contribution is -2.25. The summed E-state index contributed by atoms with van der Waals surface area (Å²) in [6, 6.07) is 3.76. The van der Waals surface area contributed by atoms with Crippen LogP contribution in [-0.4, -0.2) is 23.1 Å². The van der Waals surface area contributed by atoms with Gasteiger partial charge in [0.25, 0.3) is 0 Å². The third-order valence-corrected chi connectivity index (χ3v) is 3.43. The van der Waals surface area contributed by atoms with Crippen LogP contribution in [0.5, 0.6) is 5.75 Å². The van der Waals surface area contributed by atoms with Crippen molar-refractivity contribution in [3.8, 4) is 5.75 Å². The summed E-state index contributed by atoms with van der Waals surface area (Å²) in [7, 11) is 0.